The minimum absolute atomic E-state index is 0.263. The molecule has 1 rings (SSSR count). The molecule has 5 nitrogen and oxygen atoms in total. The summed E-state index contributed by atoms with van der Waals surface area (Å²) in [7, 11) is 1.73. The second-order valence-corrected chi connectivity index (χ2v) is 3.83. The number of alkyl halides is 3. The molecular formula is C10H14F3N3O2. The van der Waals surface area contributed by atoms with Crippen LogP contribution in [0, 0.1) is 5.92 Å². The van der Waals surface area contributed by atoms with Gasteiger partial charge in [-0.2, -0.15) is 18.3 Å². The Balaban J connectivity index is 2.36. The molecule has 1 unspecified atom stereocenters. The van der Waals surface area contributed by atoms with Crippen LogP contribution in [0.5, 0.6) is 0 Å². The van der Waals surface area contributed by atoms with Crippen molar-refractivity contribution in [3.05, 3.63) is 18.0 Å². The molecule has 8 heteroatoms. The van der Waals surface area contributed by atoms with Gasteiger partial charge in [0.2, 0.25) is 0 Å². The number of hydrogen-bond donors (Lipinski definition) is 2. The summed E-state index contributed by atoms with van der Waals surface area (Å²) >= 11 is 0. The van der Waals surface area contributed by atoms with E-state index in [4.69, 9.17) is 5.11 Å². The molecule has 1 aromatic rings. The Labute approximate surface area is 102 Å². The Hall–Kier alpha value is -1.57. The van der Waals surface area contributed by atoms with Crippen LogP contribution in [-0.2, 0) is 18.3 Å². The van der Waals surface area contributed by atoms with Gasteiger partial charge in [-0.05, 0) is 6.07 Å². The summed E-state index contributed by atoms with van der Waals surface area (Å²) in [5, 5.41) is 14.9. The predicted molar refractivity (Wildman–Crippen MR) is 57.0 cm³/mol. The molecule has 0 aliphatic rings. The molecule has 0 spiro atoms. The topological polar surface area (TPSA) is 67.2 Å². The first kappa shape index (κ1) is 14.5. The second-order valence-electron chi connectivity index (χ2n) is 3.83. The summed E-state index contributed by atoms with van der Waals surface area (Å²) < 4.78 is 38.5. The van der Waals surface area contributed by atoms with Crippen molar-refractivity contribution >= 4 is 5.97 Å². The van der Waals surface area contributed by atoms with Crippen molar-refractivity contribution in [3.63, 3.8) is 0 Å². The lowest BCUT2D eigenvalue weighted by Crippen LogP contribution is -2.39. The fourth-order valence-corrected chi connectivity index (χ4v) is 1.45. The van der Waals surface area contributed by atoms with Crippen molar-refractivity contribution in [2.75, 3.05) is 13.1 Å². The zero-order valence-corrected chi connectivity index (χ0v) is 9.74. The third-order valence-electron chi connectivity index (χ3n) is 2.52. The highest BCUT2D eigenvalue weighted by Gasteiger charge is 2.44. The van der Waals surface area contributed by atoms with Crippen LogP contribution in [0.1, 0.15) is 5.69 Å². The summed E-state index contributed by atoms with van der Waals surface area (Å²) in [6, 6.07) is 1.75. The SMILES string of the molecule is Cn1nccc1CCNCC(C(=O)O)C(F)(F)F. The number of aliphatic carboxylic acids is 1. The van der Waals surface area contributed by atoms with Gasteiger partial charge in [0, 0.05) is 38.4 Å². The number of carboxylic acids is 1. The molecule has 18 heavy (non-hydrogen) atoms. The number of halogens is 3. The Morgan fingerprint density at radius 3 is 2.72 bits per heavy atom. The van der Waals surface area contributed by atoms with E-state index in [-0.39, 0.29) is 6.54 Å². The Kier molecular flexibility index (Phi) is 4.71. The van der Waals surface area contributed by atoms with Gasteiger partial charge in [-0.1, -0.05) is 0 Å². The predicted octanol–water partition coefficient (Wildman–Crippen LogP) is 0.815. The summed E-state index contributed by atoms with van der Waals surface area (Å²) in [5.74, 6) is -4.24. The second kappa shape index (κ2) is 5.85. The summed E-state index contributed by atoms with van der Waals surface area (Å²) in [6.45, 7) is -0.365. The number of nitrogens with zero attached hydrogens (tertiary/aromatic N) is 2. The molecule has 0 saturated heterocycles. The van der Waals surface area contributed by atoms with Crippen LogP contribution in [0.2, 0.25) is 0 Å². The van der Waals surface area contributed by atoms with Crippen LogP contribution < -0.4 is 5.32 Å². The molecule has 0 bridgehead atoms. The minimum atomic E-state index is -4.73. The van der Waals surface area contributed by atoms with E-state index >= 15 is 0 Å². The minimum Gasteiger partial charge on any atom is -0.481 e. The first-order valence-electron chi connectivity index (χ1n) is 5.29. The van der Waals surface area contributed by atoms with Crippen LogP contribution in [0.3, 0.4) is 0 Å². The van der Waals surface area contributed by atoms with Gasteiger partial charge in [0.25, 0.3) is 0 Å². The summed E-state index contributed by atoms with van der Waals surface area (Å²) in [6.07, 6.45) is -2.66. The lowest BCUT2D eigenvalue weighted by atomic mass is 10.1. The maximum Gasteiger partial charge on any atom is 0.403 e. The highest BCUT2D eigenvalue weighted by molar-refractivity contribution is 5.71. The van der Waals surface area contributed by atoms with Crippen LogP contribution in [0.25, 0.3) is 0 Å². The largest absolute Gasteiger partial charge is 0.481 e. The maximum absolute atomic E-state index is 12.3. The standard InChI is InChI=1S/C10H14F3N3O2/c1-16-7(3-5-15-16)2-4-14-6-8(9(17)18)10(11,12)13/h3,5,8,14H,2,4,6H2,1H3,(H,17,18). The smallest absolute Gasteiger partial charge is 0.403 e. The Morgan fingerprint density at radius 2 is 2.28 bits per heavy atom. The maximum atomic E-state index is 12.3. The van der Waals surface area contributed by atoms with Gasteiger partial charge in [0.05, 0.1) is 0 Å². The van der Waals surface area contributed by atoms with E-state index in [1.165, 1.54) is 0 Å². The number of carboxylic acid groups (broad SMARTS) is 1. The van der Waals surface area contributed by atoms with Crippen LogP contribution in [0.15, 0.2) is 12.3 Å². The summed E-state index contributed by atoms with van der Waals surface area (Å²) in [4.78, 5) is 10.4. The van der Waals surface area contributed by atoms with E-state index in [1.54, 1.807) is 24.0 Å². The normalized spacial score (nSPS) is 13.6. The molecule has 1 aromatic heterocycles. The van der Waals surface area contributed by atoms with Crippen LogP contribution in [0.4, 0.5) is 13.2 Å². The third kappa shape index (κ3) is 4.02. The third-order valence-corrected chi connectivity index (χ3v) is 2.52. The number of carbonyl (C=O) groups is 1. The number of rotatable bonds is 6. The van der Waals surface area contributed by atoms with E-state index in [0.29, 0.717) is 6.42 Å². The van der Waals surface area contributed by atoms with Gasteiger partial charge in [-0.25, -0.2) is 0 Å². The number of nitrogens with one attached hydrogen (secondary N) is 1. The van der Waals surface area contributed by atoms with E-state index in [2.05, 4.69) is 10.4 Å². The fourth-order valence-electron chi connectivity index (χ4n) is 1.45. The van der Waals surface area contributed by atoms with Crippen molar-refractivity contribution in [3.8, 4) is 0 Å². The Bertz CT molecular complexity index is 403. The van der Waals surface area contributed by atoms with Crippen molar-refractivity contribution in [1.29, 1.82) is 0 Å². The zero-order chi connectivity index (χ0) is 13.8. The van der Waals surface area contributed by atoms with Gasteiger partial charge in [-0.15, -0.1) is 0 Å². The molecule has 2 N–H and O–H groups in total. The highest BCUT2D eigenvalue weighted by Crippen LogP contribution is 2.25. The molecule has 0 aromatic carbocycles. The summed E-state index contributed by atoms with van der Waals surface area (Å²) in [5.41, 5.74) is 0.862. The van der Waals surface area contributed by atoms with Gasteiger partial charge in [0.15, 0.2) is 5.92 Å². The fraction of sp³-hybridized carbons (Fsp3) is 0.600. The first-order chi connectivity index (χ1) is 8.32. The average Bonchev–Trinajstić information content (AvgIpc) is 2.61. The zero-order valence-electron chi connectivity index (χ0n) is 9.74. The molecule has 0 radical (unpaired) electrons. The molecule has 0 saturated carbocycles. The monoisotopic (exact) mass is 265 g/mol. The molecule has 102 valence electrons. The van der Waals surface area contributed by atoms with Crippen LogP contribution >= 0.6 is 0 Å². The quantitative estimate of drug-likeness (QED) is 0.747. The van der Waals surface area contributed by atoms with Crippen molar-refractivity contribution in [1.82, 2.24) is 15.1 Å². The van der Waals surface area contributed by atoms with E-state index in [9.17, 15) is 18.0 Å². The van der Waals surface area contributed by atoms with Crippen molar-refractivity contribution < 1.29 is 23.1 Å². The van der Waals surface area contributed by atoms with Crippen LogP contribution in [-0.4, -0.2) is 40.1 Å². The number of aromatic nitrogens is 2. The average molecular weight is 265 g/mol. The molecule has 0 amide bonds. The molecule has 1 atom stereocenters. The molecule has 0 aliphatic heterocycles. The lowest BCUT2D eigenvalue weighted by molar-refractivity contribution is -0.192. The van der Waals surface area contributed by atoms with E-state index in [0.717, 1.165) is 5.69 Å². The highest BCUT2D eigenvalue weighted by atomic mass is 19.4. The van der Waals surface area contributed by atoms with Gasteiger partial charge in [-0.3, -0.25) is 9.48 Å². The molecule has 0 aliphatic carbocycles. The molecular weight excluding hydrogens is 251 g/mol. The van der Waals surface area contributed by atoms with Crippen molar-refractivity contribution in [2.24, 2.45) is 13.0 Å². The van der Waals surface area contributed by atoms with E-state index < -0.39 is 24.6 Å². The number of aryl methyl sites for hydroxylation is 1. The number of hydrogen-bond acceptors (Lipinski definition) is 3. The van der Waals surface area contributed by atoms with E-state index in [1.807, 2.05) is 0 Å². The Morgan fingerprint density at radius 1 is 1.61 bits per heavy atom. The van der Waals surface area contributed by atoms with Gasteiger partial charge >= 0.3 is 12.1 Å². The van der Waals surface area contributed by atoms with Crippen molar-refractivity contribution in [2.45, 2.75) is 12.6 Å². The molecule has 0 fully saturated rings. The molecule has 1 heterocycles. The first-order valence-corrected chi connectivity index (χ1v) is 5.29. The lowest BCUT2D eigenvalue weighted by Gasteiger charge is -2.16. The van der Waals surface area contributed by atoms with Gasteiger partial charge < -0.3 is 10.4 Å². The van der Waals surface area contributed by atoms with Gasteiger partial charge in [0.1, 0.15) is 0 Å².